The normalized spacial score (nSPS) is 12.2. The van der Waals surface area contributed by atoms with E-state index < -0.39 is 21.3 Å². The largest absolute Gasteiger partial charge is 0.446 e. The number of anilines is 1. The van der Waals surface area contributed by atoms with Gasteiger partial charge in [-0.25, -0.2) is 12.8 Å². The first kappa shape index (κ1) is 16.6. The van der Waals surface area contributed by atoms with E-state index in [2.05, 4.69) is 4.72 Å². The number of thioether (sulfide) groups is 1. The molecule has 1 N–H and O–H groups in total. The minimum Gasteiger partial charge on any atom is -0.280 e. The minimum absolute atomic E-state index is 0.0152. The molecule has 0 fully saturated rings. The molecule has 0 aliphatic carbocycles. The van der Waals surface area contributed by atoms with Gasteiger partial charge < -0.3 is 0 Å². The fraction of sp³-hybridized carbons (Fsp3) is 0.0769. The fourth-order valence-electron chi connectivity index (χ4n) is 1.58. The van der Waals surface area contributed by atoms with Crippen LogP contribution < -0.4 is 4.72 Å². The predicted molar refractivity (Wildman–Crippen MR) is 75.6 cm³/mol. The van der Waals surface area contributed by atoms with Gasteiger partial charge in [0.15, 0.2) is 0 Å². The fourth-order valence-corrected chi connectivity index (χ4v) is 3.23. The van der Waals surface area contributed by atoms with E-state index in [1.54, 1.807) is 0 Å². The van der Waals surface area contributed by atoms with Gasteiger partial charge in [0, 0.05) is 10.6 Å². The van der Waals surface area contributed by atoms with E-state index in [1.807, 2.05) is 0 Å². The van der Waals surface area contributed by atoms with E-state index in [0.717, 1.165) is 30.3 Å². The van der Waals surface area contributed by atoms with Crippen LogP contribution in [0.2, 0.25) is 0 Å². The topological polar surface area (TPSA) is 46.2 Å². The smallest absolute Gasteiger partial charge is 0.280 e. The Bertz CT molecular complexity index is 758. The monoisotopic (exact) mass is 351 g/mol. The average Bonchev–Trinajstić information content (AvgIpc) is 2.37. The van der Waals surface area contributed by atoms with Crippen molar-refractivity contribution in [3.05, 3.63) is 54.3 Å². The number of alkyl halides is 3. The van der Waals surface area contributed by atoms with Crippen LogP contribution in [-0.4, -0.2) is 13.9 Å². The molecule has 2 aromatic rings. The van der Waals surface area contributed by atoms with Crippen LogP contribution >= 0.6 is 11.8 Å². The van der Waals surface area contributed by atoms with Crippen molar-refractivity contribution in [2.45, 2.75) is 15.3 Å². The third kappa shape index (κ3) is 4.63. The van der Waals surface area contributed by atoms with Gasteiger partial charge in [0.25, 0.3) is 10.0 Å². The van der Waals surface area contributed by atoms with E-state index in [1.165, 1.54) is 18.2 Å². The lowest BCUT2D eigenvalue weighted by atomic mass is 10.3. The molecule has 118 valence electrons. The van der Waals surface area contributed by atoms with Crippen molar-refractivity contribution in [1.82, 2.24) is 0 Å². The van der Waals surface area contributed by atoms with Crippen LogP contribution in [0.15, 0.2) is 58.3 Å². The Hall–Kier alpha value is -1.74. The molecule has 0 bridgehead atoms. The van der Waals surface area contributed by atoms with E-state index >= 15 is 0 Å². The Kier molecular flexibility index (Phi) is 4.66. The van der Waals surface area contributed by atoms with Gasteiger partial charge in [-0.1, -0.05) is 6.07 Å². The summed E-state index contributed by atoms with van der Waals surface area (Å²) >= 11 is -0.346. The summed E-state index contributed by atoms with van der Waals surface area (Å²) in [6.45, 7) is 0. The molecule has 9 heteroatoms. The zero-order valence-corrected chi connectivity index (χ0v) is 12.4. The first-order valence-corrected chi connectivity index (χ1v) is 8.10. The maximum atomic E-state index is 12.8. The number of hydrogen-bond acceptors (Lipinski definition) is 3. The number of benzene rings is 2. The van der Waals surface area contributed by atoms with E-state index in [4.69, 9.17) is 0 Å². The lowest BCUT2D eigenvalue weighted by Gasteiger charge is -2.10. The molecule has 0 saturated heterocycles. The standard InChI is InChI=1S/C13H9F4NO2S2/c14-9-4-6-12(7-5-9)22(19,20)18-10-2-1-3-11(8-10)21-13(15,16)17/h1-8,18H. The molecule has 2 aromatic carbocycles. The SMILES string of the molecule is O=S(=O)(Nc1cccc(SC(F)(F)F)c1)c1ccc(F)cc1. The van der Waals surface area contributed by atoms with Gasteiger partial charge in [-0.05, 0) is 54.2 Å². The van der Waals surface area contributed by atoms with Crippen LogP contribution in [0, 0.1) is 5.82 Å². The first-order valence-electron chi connectivity index (χ1n) is 5.80. The van der Waals surface area contributed by atoms with Crippen molar-refractivity contribution in [3.8, 4) is 0 Å². The van der Waals surface area contributed by atoms with Gasteiger partial charge in [0.1, 0.15) is 5.82 Å². The number of hydrogen-bond donors (Lipinski definition) is 1. The van der Waals surface area contributed by atoms with Crippen molar-refractivity contribution >= 4 is 27.5 Å². The second-order valence-corrected chi connectivity index (χ2v) is 6.96. The molecule has 0 aromatic heterocycles. The number of rotatable bonds is 4. The summed E-state index contributed by atoms with van der Waals surface area (Å²) in [6, 6.07) is 8.98. The maximum Gasteiger partial charge on any atom is 0.446 e. The Morgan fingerprint density at radius 3 is 2.23 bits per heavy atom. The van der Waals surface area contributed by atoms with E-state index in [-0.39, 0.29) is 27.2 Å². The zero-order valence-electron chi connectivity index (χ0n) is 10.8. The van der Waals surface area contributed by atoms with Gasteiger partial charge in [0.05, 0.1) is 4.90 Å². The van der Waals surface area contributed by atoms with E-state index in [0.29, 0.717) is 0 Å². The van der Waals surface area contributed by atoms with Crippen molar-refractivity contribution < 1.29 is 26.0 Å². The third-order valence-corrected chi connectivity index (χ3v) is 4.56. The molecule has 22 heavy (non-hydrogen) atoms. The molecular weight excluding hydrogens is 342 g/mol. The highest BCUT2D eigenvalue weighted by atomic mass is 32.2. The van der Waals surface area contributed by atoms with Crippen molar-refractivity contribution in [3.63, 3.8) is 0 Å². The third-order valence-electron chi connectivity index (χ3n) is 2.44. The molecule has 0 amide bonds. The highest BCUT2D eigenvalue weighted by Crippen LogP contribution is 2.37. The first-order chi connectivity index (χ1) is 10.2. The summed E-state index contributed by atoms with van der Waals surface area (Å²) in [5.74, 6) is -0.595. The minimum atomic E-state index is -4.46. The summed E-state index contributed by atoms with van der Waals surface area (Å²) in [7, 11) is -4.00. The van der Waals surface area contributed by atoms with Crippen LogP contribution in [0.4, 0.5) is 23.2 Å². The molecule has 0 aliphatic rings. The molecule has 0 unspecified atom stereocenters. The van der Waals surface area contributed by atoms with E-state index in [9.17, 15) is 26.0 Å². The van der Waals surface area contributed by atoms with Crippen molar-refractivity contribution in [1.29, 1.82) is 0 Å². The average molecular weight is 351 g/mol. The van der Waals surface area contributed by atoms with Crippen LogP contribution in [-0.2, 0) is 10.0 Å². The van der Waals surface area contributed by atoms with Crippen molar-refractivity contribution in [2.24, 2.45) is 0 Å². The van der Waals surface area contributed by atoms with Crippen LogP contribution in [0.1, 0.15) is 0 Å². The summed E-state index contributed by atoms with van der Waals surface area (Å²) in [5, 5.41) is 0. The molecule has 3 nitrogen and oxygen atoms in total. The van der Waals surface area contributed by atoms with Crippen LogP contribution in [0.3, 0.4) is 0 Å². The number of halogens is 4. The molecule has 0 heterocycles. The van der Waals surface area contributed by atoms with Gasteiger partial charge in [0.2, 0.25) is 0 Å². The second-order valence-electron chi connectivity index (χ2n) is 4.14. The van der Waals surface area contributed by atoms with Crippen LogP contribution in [0.25, 0.3) is 0 Å². The van der Waals surface area contributed by atoms with Gasteiger partial charge in [-0.2, -0.15) is 13.2 Å². The molecular formula is C13H9F4NO2S2. The molecule has 0 saturated carbocycles. The highest BCUT2D eigenvalue weighted by molar-refractivity contribution is 8.00. The predicted octanol–water partition coefficient (Wildman–Crippen LogP) is 4.24. The lowest BCUT2D eigenvalue weighted by molar-refractivity contribution is -0.0328. The number of sulfonamides is 1. The molecule has 2 rings (SSSR count). The summed E-state index contributed by atoms with van der Waals surface area (Å²) in [4.78, 5) is -0.338. The van der Waals surface area contributed by atoms with Crippen LogP contribution in [0.5, 0.6) is 0 Å². The Morgan fingerprint density at radius 2 is 1.64 bits per heavy atom. The second kappa shape index (κ2) is 6.17. The summed E-state index contributed by atoms with van der Waals surface area (Å²) in [5.41, 5.74) is -4.48. The summed E-state index contributed by atoms with van der Waals surface area (Å²) in [6.07, 6.45) is 0. The molecule has 0 spiro atoms. The molecule has 0 aliphatic heterocycles. The van der Waals surface area contributed by atoms with Gasteiger partial charge >= 0.3 is 5.51 Å². The quantitative estimate of drug-likeness (QED) is 0.662. The van der Waals surface area contributed by atoms with Gasteiger partial charge in [-0.3, -0.25) is 4.72 Å². The van der Waals surface area contributed by atoms with Crippen molar-refractivity contribution in [2.75, 3.05) is 4.72 Å². The Labute approximate surface area is 128 Å². The Balaban J connectivity index is 2.23. The van der Waals surface area contributed by atoms with Gasteiger partial charge in [-0.15, -0.1) is 0 Å². The number of nitrogens with one attached hydrogen (secondary N) is 1. The molecule has 0 atom stereocenters. The Morgan fingerprint density at radius 1 is 1.00 bits per heavy atom. The highest BCUT2D eigenvalue weighted by Gasteiger charge is 2.29. The lowest BCUT2D eigenvalue weighted by Crippen LogP contribution is -2.13. The molecule has 0 radical (unpaired) electrons. The maximum absolute atomic E-state index is 12.8. The zero-order chi connectivity index (χ0) is 16.4. The summed E-state index contributed by atoms with van der Waals surface area (Å²) < 4.78 is 75.9.